The summed E-state index contributed by atoms with van der Waals surface area (Å²) in [6.45, 7) is 6.83. The van der Waals surface area contributed by atoms with E-state index in [9.17, 15) is 9.59 Å². The van der Waals surface area contributed by atoms with E-state index < -0.39 is 0 Å². The number of hydrogen-bond acceptors (Lipinski definition) is 5. The molecule has 0 unspecified atom stereocenters. The van der Waals surface area contributed by atoms with E-state index in [2.05, 4.69) is 10.2 Å². The molecule has 4 rings (SSSR count). The molecule has 3 aliphatic rings. The van der Waals surface area contributed by atoms with Gasteiger partial charge in [0.25, 0.3) is 5.91 Å². The summed E-state index contributed by atoms with van der Waals surface area (Å²) in [5.74, 6) is 0.373. The first kappa shape index (κ1) is 18.9. The summed E-state index contributed by atoms with van der Waals surface area (Å²) in [7, 11) is 0. The van der Waals surface area contributed by atoms with E-state index in [0.29, 0.717) is 6.54 Å². The summed E-state index contributed by atoms with van der Waals surface area (Å²) in [6.07, 6.45) is 4.79. The van der Waals surface area contributed by atoms with Crippen molar-refractivity contribution in [3.8, 4) is 0 Å². The Morgan fingerprint density at radius 2 is 1.96 bits per heavy atom. The van der Waals surface area contributed by atoms with Crippen LogP contribution in [0.3, 0.4) is 0 Å². The fourth-order valence-electron chi connectivity index (χ4n) is 4.24. The molecule has 7 heteroatoms. The molecule has 27 heavy (non-hydrogen) atoms. The van der Waals surface area contributed by atoms with Gasteiger partial charge in [-0.2, -0.15) is 0 Å². The first-order valence-corrected chi connectivity index (χ1v) is 11.0. The molecule has 1 N–H and O–H groups in total. The highest BCUT2D eigenvalue weighted by Gasteiger charge is 2.29. The molecule has 2 fully saturated rings. The molecule has 0 radical (unpaired) electrons. The second-order valence-corrected chi connectivity index (χ2v) is 8.88. The van der Waals surface area contributed by atoms with Crippen molar-refractivity contribution in [3.63, 3.8) is 0 Å². The summed E-state index contributed by atoms with van der Waals surface area (Å²) >= 11 is 1.64. The van der Waals surface area contributed by atoms with Crippen molar-refractivity contribution in [2.24, 2.45) is 5.92 Å². The summed E-state index contributed by atoms with van der Waals surface area (Å²) in [6, 6.07) is 2.05. The van der Waals surface area contributed by atoms with E-state index in [1.165, 1.54) is 10.4 Å². The molecular formula is C20H29N3O3S. The predicted octanol–water partition coefficient (Wildman–Crippen LogP) is 1.54. The molecule has 148 valence electrons. The van der Waals surface area contributed by atoms with Crippen molar-refractivity contribution in [2.45, 2.75) is 32.1 Å². The van der Waals surface area contributed by atoms with Crippen molar-refractivity contribution in [1.29, 1.82) is 0 Å². The van der Waals surface area contributed by atoms with Gasteiger partial charge < -0.3 is 15.0 Å². The lowest BCUT2D eigenvalue weighted by Gasteiger charge is -2.27. The van der Waals surface area contributed by atoms with E-state index in [1.807, 2.05) is 11.0 Å². The van der Waals surface area contributed by atoms with Crippen molar-refractivity contribution >= 4 is 23.2 Å². The summed E-state index contributed by atoms with van der Waals surface area (Å²) in [5, 5.41) is 3.11. The van der Waals surface area contributed by atoms with Gasteiger partial charge in [-0.25, -0.2) is 0 Å². The molecule has 0 aromatic carbocycles. The van der Waals surface area contributed by atoms with Crippen LogP contribution in [0.25, 0.3) is 0 Å². The van der Waals surface area contributed by atoms with Gasteiger partial charge in [-0.15, -0.1) is 11.3 Å². The van der Waals surface area contributed by atoms with Crippen LogP contribution in [0.1, 0.15) is 39.4 Å². The molecule has 1 aromatic heterocycles. The van der Waals surface area contributed by atoms with E-state index >= 15 is 0 Å². The number of morpholine rings is 1. The zero-order valence-corrected chi connectivity index (χ0v) is 16.7. The Bertz CT molecular complexity index is 678. The number of amides is 2. The minimum atomic E-state index is 0.0338. The smallest absolute Gasteiger partial charge is 0.263 e. The van der Waals surface area contributed by atoms with Gasteiger partial charge in [-0.3, -0.25) is 14.5 Å². The largest absolute Gasteiger partial charge is 0.379 e. The van der Waals surface area contributed by atoms with Gasteiger partial charge in [-0.1, -0.05) is 0 Å². The number of ether oxygens (including phenoxy) is 1. The Hall–Kier alpha value is -1.44. The van der Waals surface area contributed by atoms with Crippen LogP contribution >= 0.6 is 11.3 Å². The minimum absolute atomic E-state index is 0.0338. The molecule has 1 aromatic rings. The highest BCUT2D eigenvalue weighted by molar-refractivity contribution is 7.14. The topological polar surface area (TPSA) is 61.9 Å². The number of aryl methyl sites for hydroxylation is 1. The maximum absolute atomic E-state index is 12.6. The number of likely N-dealkylation sites (tertiary alicyclic amines) is 1. The van der Waals surface area contributed by atoms with Crippen LogP contribution in [-0.2, 0) is 22.4 Å². The maximum Gasteiger partial charge on any atom is 0.263 e. The molecule has 3 heterocycles. The van der Waals surface area contributed by atoms with Crippen LogP contribution in [0.4, 0.5) is 0 Å². The van der Waals surface area contributed by atoms with Crippen LogP contribution in [0, 0.1) is 5.92 Å². The van der Waals surface area contributed by atoms with Crippen molar-refractivity contribution in [2.75, 3.05) is 52.5 Å². The molecule has 0 spiro atoms. The van der Waals surface area contributed by atoms with E-state index in [1.54, 1.807) is 11.3 Å². The van der Waals surface area contributed by atoms with Gasteiger partial charge in [0, 0.05) is 50.1 Å². The lowest BCUT2D eigenvalue weighted by atomic mass is 9.88. The Balaban J connectivity index is 1.28. The van der Waals surface area contributed by atoms with E-state index in [4.69, 9.17) is 4.74 Å². The predicted molar refractivity (Wildman–Crippen MR) is 105 cm³/mol. The lowest BCUT2D eigenvalue weighted by molar-refractivity contribution is -0.125. The number of nitrogens with one attached hydrogen (secondary N) is 1. The van der Waals surface area contributed by atoms with Crippen LogP contribution in [-0.4, -0.2) is 74.1 Å². The highest BCUT2D eigenvalue weighted by Crippen LogP contribution is 2.33. The SMILES string of the molecule is O=C(NCCN1CCOCC1)[C@@H]1CCc2sc(C(=O)N3CCCC3)cc2C1. The number of fused-ring (bicyclic) bond motifs is 1. The Kier molecular flexibility index (Phi) is 6.10. The van der Waals surface area contributed by atoms with E-state index in [-0.39, 0.29) is 17.7 Å². The molecule has 1 atom stereocenters. The van der Waals surface area contributed by atoms with E-state index in [0.717, 1.165) is 82.9 Å². The average Bonchev–Trinajstić information content (AvgIpc) is 3.37. The molecule has 2 amide bonds. The Morgan fingerprint density at radius 3 is 2.74 bits per heavy atom. The molecular weight excluding hydrogens is 362 g/mol. The Morgan fingerprint density at radius 1 is 1.19 bits per heavy atom. The zero-order valence-electron chi connectivity index (χ0n) is 15.9. The monoisotopic (exact) mass is 391 g/mol. The standard InChI is InChI=1S/C20H29N3O3S/c24-19(21-5-8-22-9-11-26-12-10-22)15-3-4-17-16(13-15)14-18(27-17)20(25)23-6-1-2-7-23/h14-15H,1-13H2,(H,21,24)/t15-/m1/s1. The van der Waals surface area contributed by atoms with Crippen LogP contribution in [0.2, 0.25) is 0 Å². The van der Waals surface area contributed by atoms with Crippen molar-refractivity contribution < 1.29 is 14.3 Å². The Labute approximate surface area is 164 Å². The van der Waals surface area contributed by atoms with Gasteiger partial charge in [0.1, 0.15) is 0 Å². The molecule has 2 aliphatic heterocycles. The lowest BCUT2D eigenvalue weighted by Crippen LogP contribution is -2.43. The van der Waals surface area contributed by atoms with Crippen molar-refractivity contribution in [3.05, 3.63) is 21.4 Å². The summed E-state index contributed by atoms with van der Waals surface area (Å²) in [4.78, 5) is 31.6. The molecule has 2 saturated heterocycles. The number of hydrogen-bond donors (Lipinski definition) is 1. The van der Waals surface area contributed by atoms with Gasteiger partial charge in [0.05, 0.1) is 18.1 Å². The number of carbonyl (C=O) groups excluding carboxylic acids is 2. The normalized spacial score (nSPS) is 23.3. The second kappa shape index (κ2) is 8.71. The molecule has 0 bridgehead atoms. The molecule has 1 aliphatic carbocycles. The zero-order chi connectivity index (χ0) is 18.6. The fraction of sp³-hybridized carbons (Fsp3) is 0.700. The number of thiophene rings is 1. The summed E-state index contributed by atoms with van der Waals surface area (Å²) in [5.41, 5.74) is 1.21. The first-order chi connectivity index (χ1) is 13.2. The number of carbonyl (C=O) groups is 2. The molecule has 0 saturated carbocycles. The summed E-state index contributed by atoms with van der Waals surface area (Å²) < 4.78 is 5.35. The molecule has 6 nitrogen and oxygen atoms in total. The van der Waals surface area contributed by atoms with Gasteiger partial charge in [-0.05, 0) is 43.7 Å². The third-order valence-electron chi connectivity index (χ3n) is 5.89. The minimum Gasteiger partial charge on any atom is -0.379 e. The fourth-order valence-corrected chi connectivity index (χ4v) is 5.41. The van der Waals surface area contributed by atoms with Crippen LogP contribution < -0.4 is 5.32 Å². The van der Waals surface area contributed by atoms with Crippen LogP contribution in [0.5, 0.6) is 0 Å². The van der Waals surface area contributed by atoms with Gasteiger partial charge >= 0.3 is 0 Å². The van der Waals surface area contributed by atoms with Crippen LogP contribution in [0.15, 0.2) is 6.07 Å². The van der Waals surface area contributed by atoms with Gasteiger partial charge in [0.15, 0.2) is 0 Å². The third kappa shape index (κ3) is 4.52. The number of nitrogens with zero attached hydrogens (tertiary/aromatic N) is 2. The average molecular weight is 392 g/mol. The second-order valence-electron chi connectivity index (χ2n) is 7.74. The van der Waals surface area contributed by atoms with Gasteiger partial charge in [0.2, 0.25) is 5.91 Å². The number of rotatable bonds is 5. The first-order valence-electron chi connectivity index (χ1n) is 10.2. The maximum atomic E-state index is 12.6. The highest BCUT2D eigenvalue weighted by atomic mass is 32.1. The third-order valence-corrected chi connectivity index (χ3v) is 7.11. The van der Waals surface area contributed by atoms with Crippen molar-refractivity contribution in [1.82, 2.24) is 15.1 Å². The quantitative estimate of drug-likeness (QED) is 0.827.